The van der Waals surface area contributed by atoms with Gasteiger partial charge in [-0.05, 0) is 52.4 Å². The molecule has 2 rings (SSSR count). The summed E-state index contributed by atoms with van der Waals surface area (Å²) in [5.74, 6) is -2.91. The summed E-state index contributed by atoms with van der Waals surface area (Å²) >= 11 is 0. The van der Waals surface area contributed by atoms with E-state index < -0.39 is 44.1 Å². The van der Waals surface area contributed by atoms with Crippen LogP contribution in [0.3, 0.4) is 0 Å². The Morgan fingerprint density at radius 1 is 1.19 bits per heavy atom. The number of alkyl halides is 3. The van der Waals surface area contributed by atoms with E-state index in [2.05, 4.69) is 0 Å². The molecule has 2 unspecified atom stereocenters. The lowest BCUT2D eigenvalue weighted by atomic mass is 9.92. The first-order valence-corrected chi connectivity index (χ1v) is 14.5. The van der Waals surface area contributed by atoms with Crippen LogP contribution in [0.4, 0.5) is 18.0 Å². The number of ether oxygens (including phenoxy) is 2. The summed E-state index contributed by atoms with van der Waals surface area (Å²) in [7, 11) is -2.74. The van der Waals surface area contributed by atoms with Gasteiger partial charge in [-0.1, -0.05) is 50.1 Å². The molecule has 1 saturated heterocycles. The van der Waals surface area contributed by atoms with Crippen LogP contribution in [0.5, 0.6) is 0 Å². The van der Waals surface area contributed by atoms with Crippen LogP contribution in [0.25, 0.3) is 0 Å². The van der Waals surface area contributed by atoms with Crippen molar-refractivity contribution in [2.24, 2.45) is 0 Å². The smallest absolute Gasteiger partial charge is 0.444 e. The maximum absolute atomic E-state index is 14.7. The fraction of sp³-hybridized carbons (Fsp3) is 0.696. The number of amides is 1. The van der Waals surface area contributed by atoms with Crippen molar-refractivity contribution in [1.29, 1.82) is 0 Å². The second-order valence-electron chi connectivity index (χ2n) is 10.2. The molecule has 0 bridgehead atoms. The zero-order valence-corrected chi connectivity index (χ0v) is 21.1. The standard InChI is InChI=1S/C23H36F3NO4Si/c1-8-9-15-19-22(23(24,25)26,31-32(5,6)7)29-16-18(17-13-11-10-12-14-17)27(19)20(28)30-21(2,3)4/h10-14,18-19H,8-9,15-16H2,1-7H3/t18-,19?,22?/m1/s1. The highest BCUT2D eigenvalue weighted by Crippen LogP contribution is 2.49. The molecular weight excluding hydrogens is 439 g/mol. The maximum Gasteiger partial charge on any atom is 0.444 e. The van der Waals surface area contributed by atoms with Gasteiger partial charge in [0.1, 0.15) is 5.60 Å². The lowest BCUT2D eigenvalue weighted by Gasteiger charge is -2.54. The molecule has 9 heteroatoms. The highest BCUT2D eigenvalue weighted by molar-refractivity contribution is 6.69. The number of rotatable bonds is 6. The SMILES string of the molecule is CCCCC1N(C(=O)OC(C)(C)C)[C@@H](c2ccccc2)COC1(O[Si](C)(C)C)C(F)(F)F. The number of nitrogens with zero attached hydrogens (tertiary/aromatic N) is 1. The van der Waals surface area contributed by atoms with Crippen molar-refractivity contribution in [2.45, 2.75) is 96.2 Å². The Hall–Kier alpha value is -1.58. The molecule has 1 aromatic carbocycles. The molecule has 182 valence electrons. The van der Waals surface area contributed by atoms with Crippen LogP contribution in [0, 0.1) is 0 Å². The van der Waals surface area contributed by atoms with Crippen molar-refractivity contribution in [2.75, 3.05) is 6.61 Å². The predicted molar refractivity (Wildman–Crippen MR) is 120 cm³/mol. The molecule has 1 aliphatic heterocycles. The summed E-state index contributed by atoms with van der Waals surface area (Å²) in [5.41, 5.74) is -0.185. The summed E-state index contributed by atoms with van der Waals surface area (Å²) in [6.45, 7) is 11.7. The second-order valence-corrected chi connectivity index (χ2v) is 14.6. The molecule has 3 atom stereocenters. The minimum atomic E-state index is -4.84. The summed E-state index contributed by atoms with van der Waals surface area (Å²) in [6, 6.07) is 6.83. The van der Waals surface area contributed by atoms with E-state index in [-0.39, 0.29) is 13.0 Å². The minimum absolute atomic E-state index is 0.0725. The second kappa shape index (κ2) is 9.73. The van der Waals surface area contributed by atoms with E-state index in [0.29, 0.717) is 18.4 Å². The van der Waals surface area contributed by atoms with Crippen molar-refractivity contribution < 1.29 is 31.9 Å². The third kappa shape index (κ3) is 6.26. The van der Waals surface area contributed by atoms with Gasteiger partial charge >= 0.3 is 12.3 Å². The first-order chi connectivity index (χ1) is 14.6. The van der Waals surface area contributed by atoms with Gasteiger partial charge in [-0.3, -0.25) is 4.90 Å². The molecule has 1 aliphatic rings. The highest BCUT2D eigenvalue weighted by atomic mass is 28.4. The number of hydrogen-bond donors (Lipinski definition) is 0. The largest absolute Gasteiger partial charge is 0.444 e. The third-order valence-corrected chi connectivity index (χ3v) is 5.95. The third-order valence-electron chi connectivity index (χ3n) is 5.04. The number of morpholine rings is 1. The first-order valence-electron chi connectivity index (χ1n) is 11.1. The van der Waals surface area contributed by atoms with E-state index in [1.165, 1.54) is 4.90 Å². The van der Waals surface area contributed by atoms with Gasteiger partial charge in [-0.2, -0.15) is 13.2 Å². The van der Waals surface area contributed by atoms with Crippen LogP contribution in [-0.4, -0.2) is 49.5 Å². The summed E-state index contributed by atoms with van der Waals surface area (Å²) in [5, 5.41) is 0. The Bertz CT molecular complexity index is 761. The van der Waals surface area contributed by atoms with Gasteiger partial charge in [0.05, 0.1) is 18.7 Å². The Labute approximate surface area is 190 Å². The number of benzene rings is 1. The lowest BCUT2D eigenvalue weighted by molar-refractivity contribution is -0.393. The molecule has 5 nitrogen and oxygen atoms in total. The van der Waals surface area contributed by atoms with E-state index in [1.54, 1.807) is 64.7 Å². The summed E-state index contributed by atoms with van der Waals surface area (Å²) in [4.78, 5) is 14.6. The van der Waals surface area contributed by atoms with E-state index in [0.717, 1.165) is 0 Å². The lowest BCUT2D eigenvalue weighted by Crippen LogP contribution is -2.71. The number of halogens is 3. The normalized spacial score (nSPS) is 25.0. The van der Waals surface area contributed by atoms with Gasteiger partial charge in [0, 0.05) is 0 Å². The molecule has 0 N–H and O–H groups in total. The Morgan fingerprint density at radius 2 is 1.78 bits per heavy atom. The summed E-state index contributed by atoms with van der Waals surface area (Å²) in [6.07, 6.45) is -4.43. The first kappa shape index (κ1) is 26.7. The van der Waals surface area contributed by atoms with Crippen LogP contribution >= 0.6 is 0 Å². The Kier molecular flexibility index (Phi) is 8.11. The average Bonchev–Trinajstić information content (AvgIpc) is 2.63. The van der Waals surface area contributed by atoms with Crippen LogP contribution in [0.2, 0.25) is 19.6 Å². The van der Waals surface area contributed by atoms with E-state index in [9.17, 15) is 18.0 Å². The van der Waals surface area contributed by atoms with Crippen LogP contribution < -0.4 is 0 Å². The van der Waals surface area contributed by atoms with Crippen molar-refractivity contribution in [1.82, 2.24) is 4.90 Å². The van der Waals surface area contributed by atoms with Crippen molar-refractivity contribution in [3.05, 3.63) is 35.9 Å². The zero-order chi connectivity index (χ0) is 24.4. The molecule has 32 heavy (non-hydrogen) atoms. The van der Waals surface area contributed by atoms with Crippen molar-refractivity contribution in [3.8, 4) is 0 Å². The van der Waals surface area contributed by atoms with Crippen LogP contribution in [-0.2, 0) is 13.9 Å². The molecule has 0 radical (unpaired) electrons. The van der Waals surface area contributed by atoms with Gasteiger partial charge in [-0.25, -0.2) is 4.79 Å². The quantitative estimate of drug-likeness (QED) is 0.432. The van der Waals surface area contributed by atoms with Crippen LogP contribution in [0.1, 0.15) is 58.6 Å². The van der Waals surface area contributed by atoms with E-state index >= 15 is 0 Å². The molecule has 1 aromatic rings. The number of unbranched alkanes of at least 4 members (excludes halogenated alkanes) is 1. The molecule has 1 heterocycles. The fourth-order valence-electron chi connectivity index (χ4n) is 3.89. The van der Waals surface area contributed by atoms with Gasteiger partial charge < -0.3 is 13.9 Å². The number of carbonyl (C=O) groups is 1. The molecule has 0 spiro atoms. The number of carbonyl (C=O) groups excluding carboxylic acids is 1. The summed E-state index contributed by atoms with van der Waals surface area (Å²) < 4.78 is 61.1. The predicted octanol–water partition coefficient (Wildman–Crippen LogP) is 6.66. The Balaban J connectivity index is 2.67. The highest BCUT2D eigenvalue weighted by Gasteiger charge is 2.68. The topological polar surface area (TPSA) is 48.0 Å². The van der Waals surface area contributed by atoms with Crippen LogP contribution in [0.15, 0.2) is 30.3 Å². The monoisotopic (exact) mass is 475 g/mol. The maximum atomic E-state index is 14.7. The molecule has 0 aromatic heterocycles. The van der Waals surface area contributed by atoms with Crippen molar-refractivity contribution >= 4 is 14.4 Å². The van der Waals surface area contributed by atoms with E-state index in [1.807, 2.05) is 13.0 Å². The van der Waals surface area contributed by atoms with Gasteiger partial charge in [-0.15, -0.1) is 0 Å². The molecular formula is C23H36F3NO4Si. The van der Waals surface area contributed by atoms with E-state index in [4.69, 9.17) is 13.9 Å². The average molecular weight is 476 g/mol. The Morgan fingerprint density at radius 3 is 2.25 bits per heavy atom. The van der Waals surface area contributed by atoms with Gasteiger partial charge in [0.25, 0.3) is 5.79 Å². The van der Waals surface area contributed by atoms with Gasteiger partial charge in [0.2, 0.25) is 0 Å². The molecule has 0 aliphatic carbocycles. The van der Waals surface area contributed by atoms with Crippen molar-refractivity contribution in [3.63, 3.8) is 0 Å². The molecule has 0 saturated carbocycles. The van der Waals surface area contributed by atoms with Gasteiger partial charge in [0.15, 0.2) is 8.32 Å². The number of hydrogen-bond acceptors (Lipinski definition) is 4. The zero-order valence-electron chi connectivity index (χ0n) is 20.1. The minimum Gasteiger partial charge on any atom is -0.444 e. The fourth-order valence-corrected chi connectivity index (χ4v) is 5.11. The molecule has 1 amide bonds. The molecule has 1 fully saturated rings.